The summed E-state index contributed by atoms with van der Waals surface area (Å²) in [5, 5.41) is 12.3. The monoisotopic (exact) mass is 436 g/mol. The zero-order chi connectivity index (χ0) is 21.8. The van der Waals surface area contributed by atoms with Crippen molar-refractivity contribution in [1.82, 2.24) is 10.2 Å². The molecule has 1 aliphatic rings. The van der Waals surface area contributed by atoms with Crippen molar-refractivity contribution in [3.05, 3.63) is 65.2 Å². The number of halogens is 1. The van der Waals surface area contributed by atoms with Gasteiger partial charge in [0, 0.05) is 29.4 Å². The smallest absolute Gasteiger partial charge is 0.265 e. The molecule has 1 amide bonds. The second kappa shape index (κ2) is 9.35. The molecule has 1 N–H and O–H groups in total. The number of aromatic nitrogens is 2. The number of nitrogens with zero attached hydrogens (tertiary/aromatic N) is 3. The Labute approximate surface area is 187 Å². The van der Waals surface area contributed by atoms with Gasteiger partial charge in [-0.1, -0.05) is 23.7 Å². The van der Waals surface area contributed by atoms with Crippen LogP contribution < -0.4 is 15.0 Å². The van der Waals surface area contributed by atoms with Crippen molar-refractivity contribution in [1.29, 1.82) is 0 Å². The summed E-state index contributed by atoms with van der Waals surface area (Å²) in [5.41, 5.74) is 3.23. The first-order chi connectivity index (χ1) is 15.0. The van der Waals surface area contributed by atoms with E-state index in [4.69, 9.17) is 16.3 Å². The Hall–Kier alpha value is -3.12. The molecule has 160 valence electrons. The van der Waals surface area contributed by atoms with E-state index in [1.165, 1.54) is 12.8 Å². The fourth-order valence-electron chi connectivity index (χ4n) is 3.54. The number of carbonyl (C=O) groups is 1. The summed E-state index contributed by atoms with van der Waals surface area (Å²) in [6.45, 7) is 5.68. The second-order valence-corrected chi connectivity index (χ2v) is 8.12. The molecule has 1 fully saturated rings. The predicted octanol–water partition coefficient (Wildman–Crippen LogP) is 5.11. The first kappa shape index (κ1) is 21.1. The van der Waals surface area contributed by atoms with Crippen LogP contribution in [0, 0.1) is 6.92 Å². The van der Waals surface area contributed by atoms with Gasteiger partial charge in [-0.15, -0.1) is 10.2 Å². The Balaban J connectivity index is 1.41. The van der Waals surface area contributed by atoms with E-state index in [1.54, 1.807) is 19.1 Å². The molecule has 0 bridgehead atoms. The van der Waals surface area contributed by atoms with E-state index >= 15 is 0 Å². The third-order valence-electron chi connectivity index (χ3n) is 5.32. The quantitative estimate of drug-likeness (QED) is 0.581. The second-order valence-electron chi connectivity index (χ2n) is 7.71. The molecule has 1 aliphatic heterocycles. The van der Waals surface area contributed by atoms with Crippen LogP contribution in [0.5, 0.6) is 5.75 Å². The van der Waals surface area contributed by atoms with Crippen molar-refractivity contribution in [2.75, 3.05) is 23.3 Å². The van der Waals surface area contributed by atoms with Crippen molar-refractivity contribution in [3.63, 3.8) is 0 Å². The number of aryl methyl sites for hydroxylation is 1. The van der Waals surface area contributed by atoms with Crippen molar-refractivity contribution in [2.24, 2.45) is 0 Å². The van der Waals surface area contributed by atoms with Crippen LogP contribution in [0.25, 0.3) is 11.3 Å². The Morgan fingerprint density at radius 3 is 2.61 bits per heavy atom. The molecule has 0 saturated carbocycles. The molecule has 31 heavy (non-hydrogen) atoms. The third kappa shape index (κ3) is 5.14. The average Bonchev–Trinajstić information content (AvgIpc) is 3.31. The largest absolute Gasteiger partial charge is 0.481 e. The van der Waals surface area contributed by atoms with E-state index < -0.39 is 6.10 Å². The number of anilines is 2. The molecule has 7 heteroatoms. The number of nitrogens with one attached hydrogen (secondary N) is 1. The zero-order valence-electron chi connectivity index (χ0n) is 17.6. The summed E-state index contributed by atoms with van der Waals surface area (Å²) in [5.74, 6) is 1.28. The van der Waals surface area contributed by atoms with Crippen molar-refractivity contribution < 1.29 is 9.53 Å². The number of hydrogen-bond acceptors (Lipinski definition) is 5. The Morgan fingerprint density at radius 1 is 1.10 bits per heavy atom. The maximum Gasteiger partial charge on any atom is 0.265 e. The van der Waals surface area contributed by atoms with Crippen LogP contribution in [-0.4, -0.2) is 35.3 Å². The van der Waals surface area contributed by atoms with Gasteiger partial charge in [-0.25, -0.2) is 0 Å². The van der Waals surface area contributed by atoms with Crippen LogP contribution in [0.15, 0.2) is 54.6 Å². The highest BCUT2D eigenvalue weighted by atomic mass is 35.5. The van der Waals surface area contributed by atoms with Gasteiger partial charge in [-0.3, -0.25) is 4.79 Å². The Bertz CT molecular complexity index is 1070. The molecule has 6 nitrogen and oxygen atoms in total. The number of rotatable bonds is 6. The van der Waals surface area contributed by atoms with Gasteiger partial charge in [-0.05, 0) is 74.7 Å². The van der Waals surface area contributed by atoms with Gasteiger partial charge in [0.05, 0.1) is 5.69 Å². The van der Waals surface area contributed by atoms with Crippen LogP contribution >= 0.6 is 11.6 Å². The van der Waals surface area contributed by atoms with Gasteiger partial charge >= 0.3 is 0 Å². The fraction of sp³-hybridized carbons (Fsp3) is 0.292. The minimum atomic E-state index is -0.663. The highest BCUT2D eigenvalue weighted by Crippen LogP contribution is 2.24. The molecule has 2 heterocycles. The van der Waals surface area contributed by atoms with Crippen LogP contribution in [0.1, 0.15) is 25.3 Å². The van der Waals surface area contributed by atoms with E-state index in [1.807, 2.05) is 49.4 Å². The Morgan fingerprint density at radius 2 is 1.90 bits per heavy atom. The van der Waals surface area contributed by atoms with Gasteiger partial charge in [-0.2, -0.15) is 0 Å². The normalized spacial score (nSPS) is 14.4. The number of benzene rings is 2. The molecule has 0 spiro atoms. The summed E-state index contributed by atoms with van der Waals surface area (Å²) in [4.78, 5) is 14.9. The molecule has 1 aromatic heterocycles. The molecule has 0 aliphatic carbocycles. The number of hydrogen-bond donors (Lipinski definition) is 1. The topological polar surface area (TPSA) is 67.3 Å². The lowest BCUT2D eigenvalue weighted by molar-refractivity contribution is -0.122. The van der Waals surface area contributed by atoms with Crippen LogP contribution in [0.3, 0.4) is 0 Å². The minimum absolute atomic E-state index is 0.236. The molecule has 4 rings (SSSR count). The molecular formula is C24H25ClN4O2. The number of carbonyl (C=O) groups excluding carboxylic acids is 1. The van der Waals surface area contributed by atoms with Crippen LogP contribution in [0.2, 0.25) is 5.02 Å². The zero-order valence-corrected chi connectivity index (χ0v) is 18.4. The lowest BCUT2D eigenvalue weighted by Gasteiger charge is -2.16. The Kier molecular flexibility index (Phi) is 6.37. The SMILES string of the molecule is Cc1cc(OC(C)C(=O)Nc2cccc(-c3ccc(N4CCCC4)nn3)c2)ccc1Cl. The van der Waals surface area contributed by atoms with Crippen molar-refractivity contribution in [2.45, 2.75) is 32.8 Å². The first-order valence-electron chi connectivity index (χ1n) is 10.4. The molecule has 0 radical (unpaired) electrons. The molecule has 3 aromatic rings. The van der Waals surface area contributed by atoms with Gasteiger partial charge in [0.15, 0.2) is 11.9 Å². The van der Waals surface area contributed by atoms with Gasteiger partial charge < -0.3 is 15.0 Å². The summed E-state index contributed by atoms with van der Waals surface area (Å²) < 4.78 is 5.76. The molecule has 2 aromatic carbocycles. The van der Waals surface area contributed by atoms with E-state index in [9.17, 15) is 4.79 Å². The molecule has 1 saturated heterocycles. The highest BCUT2D eigenvalue weighted by Gasteiger charge is 2.17. The lowest BCUT2D eigenvalue weighted by atomic mass is 10.1. The summed E-state index contributed by atoms with van der Waals surface area (Å²) >= 11 is 6.05. The van der Waals surface area contributed by atoms with Crippen molar-refractivity contribution in [3.8, 4) is 17.0 Å². The lowest BCUT2D eigenvalue weighted by Crippen LogP contribution is -2.30. The van der Waals surface area contributed by atoms with E-state index in [0.717, 1.165) is 35.7 Å². The number of ether oxygens (including phenoxy) is 1. The third-order valence-corrected chi connectivity index (χ3v) is 5.74. The fourth-order valence-corrected chi connectivity index (χ4v) is 3.66. The van der Waals surface area contributed by atoms with Gasteiger partial charge in [0.2, 0.25) is 0 Å². The van der Waals surface area contributed by atoms with E-state index in [2.05, 4.69) is 20.4 Å². The number of amides is 1. The maximum absolute atomic E-state index is 12.6. The van der Waals surface area contributed by atoms with Gasteiger partial charge in [0.1, 0.15) is 5.75 Å². The summed E-state index contributed by atoms with van der Waals surface area (Å²) in [7, 11) is 0. The highest BCUT2D eigenvalue weighted by molar-refractivity contribution is 6.31. The molecule has 1 unspecified atom stereocenters. The van der Waals surface area contributed by atoms with Gasteiger partial charge in [0.25, 0.3) is 5.91 Å². The molecular weight excluding hydrogens is 412 g/mol. The minimum Gasteiger partial charge on any atom is -0.481 e. The first-order valence-corrected chi connectivity index (χ1v) is 10.8. The maximum atomic E-state index is 12.6. The average molecular weight is 437 g/mol. The van der Waals surface area contributed by atoms with Crippen LogP contribution in [-0.2, 0) is 4.79 Å². The van der Waals surface area contributed by atoms with E-state index in [0.29, 0.717) is 16.5 Å². The van der Waals surface area contributed by atoms with Crippen LogP contribution in [0.4, 0.5) is 11.5 Å². The van der Waals surface area contributed by atoms with Crippen molar-refractivity contribution >= 4 is 29.0 Å². The summed E-state index contributed by atoms with van der Waals surface area (Å²) in [6, 6.07) is 16.9. The predicted molar refractivity (Wildman–Crippen MR) is 124 cm³/mol. The van der Waals surface area contributed by atoms with E-state index in [-0.39, 0.29) is 5.91 Å². The standard InChI is InChI=1S/C24H25ClN4O2/c1-16-14-20(8-9-21(16)25)31-17(2)24(30)26-19-7-5-6-18(15-19)22-10-11-23(28-27-22)29-12-3-4-13-29/h5-11,14-15,17H,3-4,12-13H2,1-2H3,(H,26,30). The molecule has 1 atom stereocenters. The summed E-state index contributed by atoms with van der Waals surface area (Å²) in [6.07, 6.45) is 1.74.